The summed E-state index contributed by atoms with van der Waals surface area (Å²) in [4.78, 5) is 0. The Kier molecular flexibility index (Phi) is 3.92. The molecule has 0 aliphatic carbocycles. The Bertz CT molecular complexity index is 23.0. The molecule has 0 aliphatic rings. The molecule has 0 bridgehead atoms. The van der Waals surface area contributed by atoms with E-state index < -0.39 is 7.25 Å². The van der Waals surface area contributed by atoms with Crippen LogP contribution >= 0.6 is 0 Å². The van der Waals surface area contributed by atoms with Crippen molar-refractivity contribution in [1.82, 2.24) is 0 Å². The van der Waals surface area contributed by atoms with Gasteiger partial charge < -0.3 is 17.3 Å². The first-order chi connectivity index (χ1) is 2.00. The fourth-order valence-corrected chi connectivity index (χ4v) is 0. The second-order valence-corrected chi connectivity index (χ2v) is 0.495. The predicted octanol–water partition coefficient (Wildman–Crippen LogP) is 1.30. The summed E-state index contributed by atoms with van der Waals surface area (Å²) in [5, 5.41) is 0. The normalized spacial score (nSPS) is 10.0. The summed E-state index contributed by atoms with van der Waals surface area (Å²) < 4.78 is 39.0. The van der Waals surface area contributed by atoms with Crippen molar-refractivity contribution in [3.05, 3.63) is 0 Å². The van der Waals surface area contributed by atoms with Crippen LogP contribution in [0.2, 0.25) is 0 Å². The Labute approximate surface area is 42.2 Å². The fourth-order valence-electron chi connectivity index (χ4n) is 0. The average molecular weight is 146 g/mol. The molecule has 0 aromatic heterocycles. The Morgan fingerprint density at radius 2 is 0.833 bits per heavy atom. The van der Waals surface area contributed by atoms with Crippen LogP contribution < -0.4 is 0 Å². The minimum absolute atomic E-state index is 0. The SMILES string of the molecule is F[B-](F)(F)F.[Co]. The van der Waals surface area contributed by atoms with Crippen LogP contribution in [0.5, 0.6) is 0 Å². The van der Waals surface area contributed by atoms with Gasteiger partial charge in [0, 0.05) is 16.8 Å². The van der Waals surface area contributed by atoms with E-state index in [0.717, 1.165) is 0 Å². The maximum absolute atomic E-state index is 9.75. The van der Waals surface area contributed by atoms with Gasteiger partial charge in [-0.1, -0.05) is 0 Å². The van der Waals surface area contributed by atoms with E-state index in [0.29, 0.717) is 0 Å². The third kappa shape index (κ3) is 547. The van der Waals surface area contributed by atoms with E-state index in [1.807, 2.05) is 0 Å². The summed E-state index contributed by atoms with van der Waals surface area (Å²) in [5.74, 6) is 0. The molecule has 0 nitrogen and oxygen atoms in total. The van der Waals surface area contributed by atoms with Gasteiger partial charge in [0.05, 0.1) is 0 Å². The predicted molar refractivity (Wildman–Crippen MR) is 10.2 cm³/mol. The minimum atomic E-state index is -6.00. The van der Waals surface area contributed by atoms with Crippen molar-refractivity contribution < 1.29 is 34.0 Å². The number of rotatable bonds is 0. The number of hydrogen-bond donors (Lipinski definition) is 0. The van der Waals surface area contributed by atoms with Crippen LogP contribution in [-0.2, 0) is 16.8 Å². The minimum Gasteiger partial charge on any atom is -0.418 e. The van der Waals surface area contributed by atoms with Gasteiger partial charge in [-0.2, -0.15) is 0 Å². The first-order valence-corrected chi connectivity index (χ1v) is 0.873. The van der Waals surface area contributed by atoms with Crippen molar-refractivity contribution in [2.75, 3.05) is 0 Å². The molecular weight excluding hydrogens is 146 g/mol. The third-order valence-corrected chi connectivity index (χ3v) is 0. The first kappa shape index (κ1) is 9.57. The first-order valence-electron chi connectivity index (χ1n) is 0.873. The van der Waals surface area contributed by atoms with E-state index >= 15 is 0 Å². The van der Waals surface area contributed by atoms with Crippen molar-refractivity contribution in [1.29, 1.82) is 0 Å². The van der Waals surface area contributed by atoms with Crippen molar-refractivity contribution in [3.63, 3.8) is 0 Å². The molecule has 0 unspecified atom stereocenters. The van der Waals surface area contributed by atoms with Gasteiger partial charge in [-0.05, 0) is 0 Å². The maximum atomic E-state index is 9.75. The molecule has 0 atom stereocenters. The second kappa shape index (κ2) is 2.46. The maximum Gasteiger partial charge on any atom is 0.673 e. The third-order valence-electron chi connectivity index (χ3n) is 0. The van der Waals surface area contributed by atoms with E-state index in [-0.39, 0.29) is 16.8 Å². The molecule has 0 spiro atoms. The molecule has 0 heterocycles. The van der Waals surface area contributed by atoms with Crippen LogP contribution in [0.1, 0.15) is 0 Å². The smallest absolute Gasteiger partial charge is 0.418 e. The molecular formula is BCoF4-. The Morgan fingerprint density at radius 1 is 0.833 bits per heavy atom. The molecule has 1 radical (unpaired) electrons. The summed E-state index contributed by atoms with van der Waals surface area (Å²) >= 11 is 0. The molecule has 0 aromatic rings. The molecule has 0 N–H and O–H groups in total. The van der Waals surface area contributed by atoms with Crippen molar-refractivity contribution in [2.45, 2.75) is 0 Å². The molecule has 0 rings (SSSR count). The van der Waals surface area contributed by atoms with Crippen LogP contribution in [0.4, 0.5) is 17.3 Å². The molecule has 6 heavy (non-hydrogen) atoms. The van der Waals surface area contributed by atoms with E-state index in [2.05, 4.69) is 0 Å². The topological polar surface area (TPSA) is 0 Å². The van der Waals surface area contributed by atoms with Crippen LogP contribution in [0.3, 0.4) is 0 Å². The van der Waals surface area contributed by atoms with Crippen LogP contribution in [0.25, 0.3) is 0 Å². The molecule has 6 heteroatoms. The largest absolute Gasteiger partial charge is 0.673 e. The van der Waals surface area contributed by atoms with Gasteiger partial charge in [0.2, 0.25) is 0 Å². The molecule has 0 aromatic carbocycles. The van der Waals surface area contributed by atoms with Gasteiger partial charge in [-0.25, -0.2) is 0 Å². The molecule has 0 amide bonds. The van der Waals surface area contributed by atoms with Crippen molar-refractivity contribution >= 4 is 7.25 Å². The quantitative estimate of drug-likeness (QED) is 0.356. The summed E-state index contributed by atoms with van der Waals surface area (Å²) in [5.41, 5.74) is 0. The Hall–Kier alpha value is 0.291. The van der Waals surface area contributed by atoms with Gasteiger partial charge in [0.1, 0.15) is 0 Å². The summed E-state index contributed by atoms with van der Waals surface area (Å²) in [6, 6.07) is 0. The molecule has 0 aliphatic heterocycles. The van der Waals surface area contributed by atoms with E-state index in [1.54, 1.807) is 0 Å². The zero-order chi connectivity index (χ0) is 4.50. The van der Waals surface area contributed by atoms with Crippen LogP contribution in [-0.4, -0.2) is 7.25 Å². The zero-order valence-electron chi connectivity index (χ0n) is 2.42. The van der Waals surface area contributed by atoms with Gasteiger partial charge >= 0.3 is 7.25 Å². The van der Waals surface area contributed by atoms with Crippen LogP contribution in [0, 0.1) is 0 Å². The Morgan fingerprint density at radius 3 is 0.833 bits per heavy atom. The van der Waals surface area contributed by atoms with Gasteiger partial charge in [-0.3, -0.25) is 0 Å². The fraction of sp³-hybridized carbons (Fsp3) is 0. The molecule has 0 saturated heterocycles. The van der Waals surface area contributed by atoms with E-state index in [4.69, 9.17) is 0 Å². The van der Waals surface area contributed by atoms with E-state index in [1.165, 1.54) is 0 Å². The van der Waals surface area contributed by atoms with E-state index in [9.17, 15) is 17.3 Å². The van der Waals surface area contributed by atoms with Crippen LogP contribution in [0.15, 0.2) is 0 Å². The average Bonchev–Trinajstić information content (AvgIpc) is 0.722. The zero-order valence-corrected chi connectivity index (χ0v) is 3.46. The summed E-state index contributed by atoms with van der Waals surface area (Å²) in [6.07, 6.45) is 0. The van der Waals surface area contributed by atoms with Crippen molar-refractivity contribution in [3.8, 4) is 0 Å². The molecule has 0 saturated carbocycles. The Balaban J connectivity index is 0. The summed E-state index contributed by atoms with van der Waals surface area (Å²) in [6.45, 7) is 0. The monoisotopic (exact) mass is 146 g/mol. The molecule has 41 valence electrons. The standard InChI is InChI=1S/BF4.Co/c2-1(3,4)5;/q-1;. The number of hydrogen-bond acceptors (Lipinski definition) is 0. The van der Waals surface area contributed by atoms with Gasteiger partial charge in [0.15, 0.2) is 0 Å². The number of halogens is 4. The van der Waals surface area contributed by atoms with Gasteiger partial charge in [0.25, 0.3) is 0 Å². The second-order valence-electron chi connectivity index (χ2n) is 0.495. The van der Waals surface area contributed by atoms with Crippen molar-refractivity contribution in [2.24, 2.45) is 0 Å². The summed E-state index contributed by atoms with van der Waals surface area (Å²) in [7, 11) is -6.00. The molecule has 0 fully saturated rings. The van der Waals surface area contributed by atoms with Gasteiger partial charge in [-0.15, -0.1) is 0 Å².